The maximum Gasteiger partial charge on any atom is 0.335 e. The van der Waals surface area contributed by atoms with Gasteiger partial charge in [-0.3, -0.25) is 14.4 Å². The fraction of sp³-hybridized carbons (Fsp3) is 0.0909. The highest BCUT2D eigenvalue weighted by atomic mass is 35.5. The summed E-state index contributed by atoms with van der Waals surface area (Å²) in [6.07, 6.45) is 2.06. The Labute approximate surface area is 258 Å². The first-order chi connectivity index (χ1) is 20.7. The number of amides is 3. The lowest BCUT2D eigenvalue weighted by atomic mass is 10.1. The summed E-state index contributed by atoms with van der Waals surface area (Å²) in [6, 6.07) is 28.8. The van der Waals surface area contributed by atoms with E-state index in [9.17, 15) is 24.3 Å². The second kappa shape index (κ2) is 14.9. The Morgan fingerprint density at radius 3 is 2.21 bits per heavy atom. The number of nitrogens with one attached hydrogen (secondary N) is 3. The maximum absolute atomic E-state index is 13.4. The van der Waals surface area contributed by atoms with Gasteiger partial charge >= 0.3 is 5.97 Å². The lowest BCUT2D eigenvalue weighted by molar-refractivity contribution is -0.116. The number of thioether (sulfide) groups is 1. The van der Waals surface area contributed by atoms with Crippen LogP contribution in [-0.4, -0.2) is 34.0 Å². The van der Waals surface area contributed by atoms with Gasteiger partial charge in [0.25, 0.3) is 11.8 Å². The molecule has 0 spiro atoms. The molecule has 0 aliphatic carbocycles. The quantitative estimate of drug-likeness (QED) is 0.107. The number of benzene rings is 4. The summed E-state index contributed by atoms with van der Waals surface area (Å²) in [4.78, 5) is 51.4. The second-order valence-electron chi connectivity index (χ2n) is 9.27. The zero-order chi connectivity index (χ0) is 30.8. The van der Waals surface area contributed by atoms with Gasteiger partial charge in [-0.15, -0.1) is 11.8 Å². The Morgan fingerprint density at radius 2 is 1.53 bits per heavy atom. The van der Waals surface area contributed by atoms with Crippen LogP contribution >= 0.6 is 23.4 Å². The second-order valence-corrected chi connectivity index (χ2v) is 11.0. The first kappa shape index (κ1) is 31.1. The minimum absolute atomic E-state index is 0.00415. The van der Waals surface area contributed by atoms with Gasteiger partial charge in [0.15, 0.2) is 0 Å². The summed E-state index contributed by atoms with van der Waals surface area (Å²) in [5, 5.41) is 17.2. The van der Waals surface area contributed by atoms with Gasteiger partial charge in [-0.1, -0.05) is 73.1 Å². The molecule has 4 aromatic carbocycles. The Kier molecular flexibility index (Phi) is 10.7. The third-order valence-corrected chi connectivity index (χ3v) is 7.83. The summed E-state index contributed by atoms with van der Waals surface area (Å²) in [7, 11) is 0. The van der Waals surface area contributed by atoms with Crippen LogP contribution in [0, 0.1) is 0 Å². The van der Waals surface area contributed by atoms with Crippen molar-refractivity contribution >= 4 is 64.5 Å². The molecule has 0 bridgehead atoms. The van der Waals surface area contributed by atoms with Crippen molar-refractivity contribution in [2.45, 2.75) is 23.5 Å². The maximum atomic E-state index is 13.4. The molecule has 4 N–H and O–H groups in total. The molecule has 3 amide bonds. The highest BCUT2D eigenvalue weighted by molar-refractivity contribution is 8.00. The molecule has 1 atom stereocenters. The van der Waals surface area contributed by atoms with Gasteiger partial charge in [0.05, 0.1) is 21.5 Å². The van der Waals surface area contributed by atoms with Crippen molar-refractivity contribution in [1.29, 1.82) is 0 Å². The molecule has 0 saturated heterocycles. The molecule has 0 aliphatic rings. The molecule has 0 aliphatic heterocycles. The Morgan fingerprint density at radius 1 is 0.837 bits per heavy atom. The van der Waals surface area contributed by atoms with Crippen molar-refractivity contribution in [2.75, 3.05) is 10.6 Å². The van der Waals surface area contributed by atoms with Gasteiger partial charge in [0, 0.05) is 16.1 Å². The van der Waals surface area contributed by atoms with E-state index in [0.717, 1.165) is 5.56 Å². The first-order valence-electron chi connectivity index (χ1n) is 13.3. The van der Waals surface area contributed by atoms with E-state index in [2.05, 4.69) is 16.0 Å². The molecule has 0 saturated carbocycles. The Balaban J connectivity index is 1.49. The van der Waals surface area contributed by atoms with E-state index in [1.54, 1.807) is 54.6 Å². The first-order valence-corrected chi connectivity index (χ1v) is 14.5. The van der Waals surface area contributed by atoms with Crippen LogP contribution in [0.1, 0.15) is 39.6 Å². The lowest BCUT2D eigenvalue weighted by Gasteiger charge is -2.17. The Bertz CT molecular complexity index is 1660. The van der Waals surface area contributed by atoms with Crippen LogP contribution in [0.5, 0.6) is 0 Å². The molecule has 43 heavy (non-hydrogen) atoms. The number of hydrogen-bond donors (Lipinski definition) is 4. The highest BCUT2D eigenvalue weighted by Gasteiger charge is 2.21. The third-order valence-electron chi connectivity index (χ3n) is 6.14. The molecule has 0 fully saturated rings. The smallest absolute Gasteiger partial charge is 0.335 e. The van der Waals surface area contributed by atoms with E-state index in [4.69, 9.17) is 11.6 Å². The van der Waals surface area contributed by atoms with Gasteiger partial charge in [0.1, 0.15) is 5.70 Å². The molecule has 8 nitrogen and oxygen atoms in total. The number of rotatable bonds is 11. The van der Waals surface area contributed by atoms with E-state index in [1.165, 1.54) is 30.0 Å². The van der Waals surface area contributed by atoms with Gasteiger partial charge in [-0.2, -0.15) is 0 Å². The van der Waals surface area contributed by atoms with Crippen LogP contribution < -0.4 is 16.0 Å². The van der Waals surface area contributed by atoms with Gasteiger partial charge in [0.2, 0.25) is 5.91 Å². The summed E-state index contributed by atoms with van der Waals surface area (Å²) in [5.74, 6) is -2.42. The summed E-state index contributed by atoms with van der Waals surface area (Å²) >= 11 is 7.47. The molecule has 1 unspecified atom stereocenters. The Hall–Kier alpha value is -4.86. The molecule has 0 heterocycles. The molecule has 4 aromatic rings. The standard InChI is InChI=1S/C33H28ClN3O5S/c1-2-29(32(40)36-27-19-23(33(41)42)16-17-26(27)34)43-25-15-9-14-24(20-25)35-31(39)28(18-21-10-5-3-6-11-21)37-30(38)22-12-7-4-8-13-22/h3-20,29H,2H2,1H3,(H,35,39)(H,36,40)(H,37,38)(H,41,42)/b28-18-. The van der Waals surface area contributed by atoms with E-state index in [-0.39, 0.29) is 27.9 Å². The molecule has 10 heteroatoms. The molecule has 218 valence electrons. The predicted molar refractivity (Wildman–Crippen MR) is 170 cm³/mol. The summed E-state index contributed by atoms with van der Waals surface area (Å²) in [5.41, 5.74) is 1.88. The van der Waals surface area contributed by atoms with Gasteiger partial charge in [-0.05, 0) is 66.6 Å². The minimum atomic E-state index is -1.13. The van der Waals surface area contributed by atoms with Crippen LogP contribution in [0.15, 0.2) is 114 Å². The van der Waals surface area contributed by atoms with Gasteiger partial charge < -0.3 is 21.1 Å². The van der Waals surface area contributed by atoms with Crippen LogP contribution in [-0.2, 0) is 9.59 Å². The molecule has 0 radical (unpaired) electrons. The van der Waals surface area contributed by atoms with Crippen LogP contribution in [0.3, 0.4) is 0 Å². The lowest BCUT2D eigenvalue weighted by Crippen LogP contribution is -2.30. The van der Waals surface area contributed by atoms with Gasteiger partial charge in [-0.25, -0.2) is 4.79 Å². The van der Waals surface area contributed by atoms with Crippen molar-refractivity contribution < 1.29 is 24.3 Å². The fourth-order valence-corrected chi connectivity index (χ4v) is 5.14. The van der Waals surface area contributed by atoms with Crippen molar-refractivity contribution in [2.24, 2.45) is 0 Å². The largest absolute Gasteiger partial charge is 0.478 e. The molecule has 0 aromatic heterocycles. The van der Waals surface area contributed by atoms with Crippen molar-refractivity contribution in [3.8, 4) is 0 Å². The SMILES string of the molecule is CCC(Sc1cccc(NC(=O)/C(=C/c2ccccc2)NC(=O)c2ccccc2)c1)C(=O)Nc1cc(C(=O)O)ccc1Cl. The number of aromatic carboxylic acids is 1. The third kappa shape index (κ3) is 8.81. The van der Waals surface area contributed by atoms with Crippen LogP contribution in [0.2, 0.25) is 5.02 Å². The number of carboxylic acid groups (broad SMARTS) is 1. The molecule has 4 rings (SSSR count). The predicted octanol–water partition coefficient (Wildman–Crippen LogP) is 6.96. The van der Waals surface area contributed by atoms with E-state index >= 15 is 0 Å². The zero-order valence-electron chi connectivity index (χ0n) is 23.0. The number of carboxylic acids is 1. The highest BCUT2D eigenvalue weighted by Crippen LogP contribution is 2.30. The molecular formula is C33H28ClN3O5S. The van der Waals surface area contributed by atoms with E-state index in [0.29, 0.717) is 22.6 Å². The topological polar surface area (TPSA) is 125 Å². The average Bonchev–Trinajstić information content (AvgIpc) is 3.01. The number of hydrogen-bond acceptors (Lipinski definition) is 5. The average molecular weight is 614 g/mol. The van der Waals surface area contributed by atoms with Crippen molar-refractivity contribution in [3.63, 3.8) is 0 Å². The summed E-state index contributed by atoms with van der Waals surface area (Å²) in [6.45, 7) is 1.86. The van der Waals surface area contributed by atoms with E-state index in [1.807, 2.05) is 43.3 Å². The normalized spacial score (nSPS) is 11.7. The minimum Gasteiger partial charge on any atom is -0.478 e. The molecular weight excluding hydrogens is 586 g/mol. The zero-order valence-corrected chi connectivity index (χ0v) is 24.6. The monoisotopic (exact) mass is 613 g/mol. The van der Waals surface area contributed by atoms with Crippen molar-refractivity contribution in [1.82, 2.24) is 5.32 Å². The van der Waals surface area contributed by atoms with Crippen LogP contribution in [0.25, 0.3) is 6.08 Å². The van der Waals surface area contributed by atoms with Crippen LogP contribution in [0.4, 0.5) is 11.4 Å². The van der Waals surface area contributed by atoms with Crippen molar-refractivity contribution in [3.05, 3.63) is 131 Å². The summed E-state index contributed by atoms with van der Waals surface area (Å²) < 4.78 is 0. The number of anilines is 2. The number of carbonyl (C=O) groups is 4. The number of carbonyl (C=O) groups excluding carboxylic acids is 3. The van der Waals surface area contributed by atoms with E-state index < -0.39 is 23.0 Å². The fourth-order valence-electron chi connectivity index (χ4n) is 3.96. The number of halogens is 1.